The van der Waals surface area contributed by atoms with Gasteiger partial charge in [0.2, 0.25) is 10.9 Å². The second-order valence-electron chi connectivity index (χ2n) is 8.92. The fourth-order valence-corrected chi connectivity index (χ4v) is 5.73. The molecule has 1 unspecified atom stereocenters. The Balaban J connectivity index is 1.67. The van der Waals surface area contributed by atoms with Crippen LogP contribution in [0.2, 0.25) is 0 Å². The molecule has 0 N–H and O–H groups in total. The lowest BCUT2D eigenvalue weighted by atomic mass is 9.98. The summed E-state index contributed by atoms with van der Waals surface area (Å²) >= 11 is 4.76. The van der Waals surface area contributed by atoms with Crippen molar-refractivity contribution < 1.29 is 18.7 Å². The van der Waals surface area contributed by atoms with E-state index in [0.717, 1.165) is 28.7 Å². The number of anilines is 1. The number of hydrogen-bond acceptors (Lipinski definition) is 8. The van der Waals surface area contributed by atoms with Crippen LogP contribution in [0.5, 0.6) is 11.5 Å². The molecule has 2 aromatic carbocycles. The molecule has 1 aliphatic heterocycles. The van der Waals surface area contributed by atoms with Crippen molar-refractivity contribution in [2.45, 2.75) is 52.5 Å². The van der Waals surface area contributed by atoms with E-state index < -0.39 is 11.9 Å². The van der Waals surface area contributed by atoms with Crippen LogP contribution in [-0.4, -0.2) is 29.3 Å². The first-order valence-electron chi connectivity index (χ1n) is 12.8. The number of aryl methyl sites for hydroxylation is 1. The van der Waals surface area contributed by atoms with Gasteiger partial charge in [0, 0.05) is 4.47 Å². The van der Waals surface area contributed by atoms with Crippen LogP contribution in [0.25, 0.3) is 11.0 Å². The van der Waals surface area contributed by atoms with Gasteiger partial charge in [0.15, 0.2) is 16.9 Å². The molecule has 4 aromatic rings. The molecule has 198 valence electrons. The highest BCUT2D eigenvalue weighted by molar-refractivity contribution is 9.10. The highest BCUT2D eigenvalue weighted by atomic mass is 79.9. The number of fused-ring (bicyclic) bond motifs is 2. The third-order valence-electron chi connectivity index (χ3n) is 6.39. The number of amides is 1. The van der Waals surface area contributed by atoms with E-state index in [4.69, 9.17) is 13.9 Å². The Morgan fingerprint density at radius 3 is 2.61 bits per heavy atom. The van der Waals surface area contributed by atoms with Crippen molar-refractivity contribution in [3.8, 4) is 11.5 Å². The molecule has 0 fully saturated rings. The van der Waals surface area contributed by atoms with E-state index in [0.29, 0.717) is 52.8 Å². The monoisotopic (exact) mass is 597 g/mol. The molecule has 10 heteroatoms. The van der Waals surface area contributed by atoms with E-state index in [1.807, 2.05) is 32.0 Å². The maximum absolute atomic E-state index is 13.9. The molecule has 38 heavy (non-hydrogen) atoms. The van der Waals surface area contributed by atoms with Crippen LogP contribution < -0.4 is 19.8 Å². The third-order valence-corrected chi connectivity index (χ3v) is 7.95. The molecule has 3 heterocycles. The summed E-state index contributed by atoms with van der Waals surface area (Å²) in [5.41, 5.74) is 1.05. The number of unbranched alkanes of at least 4 members (excludes halogenated alkanes) is 2. The topological polar surface area (TPSA) is 94.8 Å². The van der Waals surface area contributed by atoms with E-state index in [-0.39, 0.29) is 16.8 Å². The van der Waals surface area contributed by atoms with Gasteiger partial charge in [-0.2, -0.15) is 0 Å². The summed E-state index contributed by atoms with van der Waals surface area (Å²) in [6.07, 6.45) is 3.82. The first kappa shape index (κ1) is 26.4. The number of nitrogens with zero attached hydrogens (tertiary/aromatic N) is 3. The SMILES string of the molecule is CCCCCOc1ccc(C2c3c(oc4ccc(Br)cc4c3=O)C(=O)N2c2nnc(CC)s2)cc1OCC. The highest BCUT2D eigenvalue weighted by Gasteiger charge is 2.45. The van der Waals surface area contributed by atoms with Gasteiger partial charge in [0.1, 0.15) is 10.6 Å². The van der Waals surface area contributed by atoms with E-state index >= 15 is 0 Å². The van der Waals surface area contributed by atoms with Crippen LogP contribution in [0.15, 0.2) is 50.1 Å². The number of carbonyl (C=O) groups is 1. The number of hydrogen-bond donors (Lipinski definition) is 0. The van der Waals surface area contributed by atoms with Crippen molar-refractivity contribution in [3.05, 3.63) is 73.0 Å². The maximum atomic E-state index is 13.9. The Morgan fingerprint density at radius 2 is 1.87 bits per heavy atom. The third kappa shape index (κ3) is 4.82. The molecule has 0 aliphatic carbocycles. The van der Waals surface area contributed by atoms with Gasteiger partial charge in [-0.1, -0.05) is 60.0 Å². The largest absolute Gasteiger partial charge is 0.490 e. The minimum Gasteiger partial charge on any atom is -0.490 e. The lowest BCUT2D eigenvalue weighted by molar-refractivity contribution is 0.0970. The number of carbonyl (C=O) groups excluding carboxylic acids is 1. The van der Waals surface area contributed by atoms with Gasteiger partial charge >= 0.3 is 0 Å². The number of halogens is 1. The van der Waals surface area contributed by atoms with Crippen molar-refractivity contribution in [3.63, 3.8) is 0 Å². The predicted molar refractivity (Wildman–Crippen MR) is 151 cm³/mol. The van der Waals surface area contributed by atoms with E-state index in [9.17, 15) is 9.59 Å². The fourth-order valence-electron chi connectivity index (χ4n) is 4.56. The summed E-state index contributed by atoms with van der Waals surface area (Å²) < 4.78 is 18.7. The van der Waals surface area contributed by atoms with Crippen molar-refractivity contribution in [1.29, 1.82) is 0 Å². The Morgan fingerprint density at radius 1 is 1.03 bits per heavy atom. The van der Waals surface area contributed by atoms with Gasteiger partial charge in [-0.05, 0) is 55.7 Å². The molecule has 0 saturated carbocycles. The zero-order chi connectivity index (χ0) is 26.8. The summed E-state index contributed by atoms with van der Waals surface area (Å²) in [5.74, 6) is 0.771. The molecule has 5 rings (SSSR count). The van der Waals surface area contributed by atoms with Crippen molar-refractivity contribution in [1.82, 2.24) is 10.2 Å². The molecule has 2 aromatic heterocycles. The number of ether oxygens (including phenoxy) is 2. The molecule has 0 spiro atoms. The summed E-state index contributed by atoms with van der Waals surface area (Å²) in [5, 5.41) is 10.1. The van der Waals surface area contributed by atoms with Crippen molar-refractivity contribution in [2.75, 3.05) is 18.1 Å². The summed E-state index contributed by atoms with van der Waals surface area (Å²) in [7, 11) is 0. The molecule has 0 radical (unpaired) electrons. The lowest BCUT2D eigenvalue weighted by Crippen LogP contribution is -2.29. The van der Waals surface area contributed by atoms with Gasteiger partial charge < -0.3 is 13.9 Å². The smallest absolute Gasteiger partial charge is 0.297 e. The molecule has 0 bridgehead atoms. The molecule has 1 aliphatic rings. The van der Waals surface area contributed by atoms with Gasteiger partial charge in [-0.15, -0.1) is 10.2 Å². The minimum absolute atomic E-state index is 0.0147. The molecule has 1 atom stereocenters. The number of rotatable bonds is 10. The maximum Gasteiger partial charge on any atom is 0.297 e. The van der Waals surface area contributed by atoms with Crippen LogP contribution in [-0.2, 0) is 6.42 Å². The highest BCUT2D eigenvalue weighted by Crippen LogP contribution is 2.44. The predicted octanol–water partition coefficient (Wildman–Crippen LogP) is 6.69. The zero-order valence-corrected chi connectivity index (χ0v) is 23.9. The summed E-state index contributed by atoms with van der Waals surface area (Å²) in [4.78, 5) is 29.2. The second kappa shape index (κ2) is 11.2. The molecule has 0 saturated heterocycles. The first-order chi connectivity index (χ1) is 18.5. The first-order valence-corrected chi connectivity index (χ1v) is 14.4. The summed E-state index contributed by atoms with van der Waals surface area (Å²) in [6.45, 7) is 7.05. The molecular formula is C28H28BrN3O5S. The Kier molecular flexibility index (Phi) is 7.80. The van der Waals surface area contributed by atoms with Crippen LogP contribution in [0.3, 0.4) is 0 Å². The van der Waals surface area contributed by atoms with E-state index in [2.05, 4.69) is 33.1 Å². The Bertz CT molecular complexity index is 1550. The number of aromatic nitrogens is 2. The lowest BCUT2D eigenvalue weighted by Gasteiger charge is -2.23. The molecule has 8 nitrogen and oxygen atoms in total. The second-order valence-corrected chi connectivity index (χ2v) is 10.9. The average molecular weight is 599 g/mol. The Labute approximate surface area is 232 Å². The molecular weight excluding hydrogens is 570 g/mol. The Hall–Kier alpha value is -3.24. The minimum atomic E-state index is -0.761. The van der Waals surface area contributed by atoms with Crippen molar-refractivity contribution in [2.24, 2.45) is 0 Å². The van der Waals surface area contributed by atoms with Gasteiger partial charge in [-0.25, -0.2) is 0 Å². The zero-order valence-electron chi connectivity index (χ0n) is 21.5. The molecule has 1 amide bonds. The standard InChI is InChI=1S/C28H28BrN3O5S/c1-4-7-8-13-36-20-11-9-16(14-21(20)35-6-3)24-23-25(33)18-15-17(29)10-12-19(18)37-26(23)27(34)32(24)28-31-30-22(5-2)38-28/h9-12,14-15,24H,4-8,13H2,1-3H3. The number of benzene rings is 2. The summed E-state index contributed by atoms with van der Waals surface area (Å²) in [6, 6.07) is 9.95. The van der Waals surface area contributed by atoms with E-state index in [1.165, 1.54) is 16.2 Å². The average Bonchev–Trinajstić information content (AvgIpc) is 3.50. The van der Waals surface area contributed by atoms with Gasteiger partial charge in [0.05, 0.1) is 30.2 Å². The van der Waals surface area contributed by atoms with Crippen LogP contribution >= 0.6 is 27.3 Å². The van der Waals surface area contributed by atoms with Gasteiger partial charge in [-0.3, -0.25) is 14.5 Å². The van der Waals surface area contributed by atoms with Gasteiger partial charge in [0.25, 0.3) is 5.91 Å². The van der Waals surface area contributed by atoms with Crippen LogP contribution in [0, 0.1) is 0 Å². The van der Waals surface area contributed by atoms with Crippen LogP contribution in [0.4, 0.5) is 5.13 Å². The quantitative estimate of drug-likeness (QED) is 0.188. The van der Waals surface area contributed by atoms with E-state index in [1.54, 1.807) is 18.2 Å². The fraction of sp³-hybridized carbons (Fsp3) is 0.357. The van der Waals surface area contributed by atoms with Crippen molar-refractivity contribution >= 4 is 49.3 Å². The van der Waals surface area contributed by atoms with Crippen LogP contribution in [0.1, 0.15) is 72.8 Å². The normalized spacial score (nSPS) is 14.8.